The van der Waals surface area contributed by atoms with Crippen LogP contribution in [-0.4, -0.2) is 4.92 Å². The number of hydrogen-bond acceptors (Lipinski definition) is 3. The molecular weight excluding hydrogens is 344 g/mol. The van der Waals surface area contributed by atoms with Crippen LogP contribution < -0.4 is 5.32 Å². The molecule has 0 fully saturated rings. The molecule has 0 saturated carbocycles. The molecule has 0 spiro atoms. The zero-order chi connectivity index (χ0) is 14.7. The Morgan fingerprint density at radius 2 is 2.05 bits per heavy atom. The number of rotatable bonds is 4. The van der Waals surface area contributed by atoms with E-state index >= 15 is 0 Å². The molecule has 4 nitrogen and oxygen atoms in total. The molecule has 2 aromatic rings. The fourth-order valence-electron chi connectivity index (χ4n) is 1.77. The zero-order valence-corrected chi connectivity index (χ0v) is 13.0. The number of halogens is 2. The summed E-state index contributed by atoms with van der Waals surface area (Å²) in [5.74, 6) is 0. The van der Waals surface area contributed by atoms with Gasteiger partial charge in [0.15, 0.2) is 0 Å². The van der Waals surface area contributed by atoms with E-state index < -0.39 is 0 Å². The van der Waals surface area contributed by atoms with Crippen LogP contribution in [0, 0.1) is 17.0 Å². The van der Waals surface area contributed by atoms with Crippen LogP contribution >= 0.6 is 27.5 Å². The lowest BCUT2D eigenvalue weighted by molar-refractivity contribution is -0.385. The second-order valence-corrected chi connectivity index (χ2v) is 5.62. The van der Waals surface area contributed by atoms with E-state index in [9.17, 15) is 10.1 Å². The van der Waals surface area contributed by atoms with E-state index in [-0.39, 0.29) is 10.6 Å². The highest BCUT2D eigenvalue weighted by Gasteiger charge is 2.10. The number of benzene rings is 2. The Hall–Kier alpha value is -1.59. The molecular formula is C14H12BrClN2O2. The third-order valence-corrected chi connectivity index (χ3v) is 4.10. The van der Waals surface area contributed by atoms with Crippen LogP contribution in [0.3, 0.4) is 0 Å². The summed E-state index contributed by atoms with van der Waals surface area (Å²) >= 11 is 9.29. The third kappa shape index (κ3) is 3.49. The van der Waals surface area contributed by atoms with E-state index in [2.05, 4.69) is 21.2 Å². The number of nitro benzene ring substituents is 1. The minimum absolute atomic E-state index is 0.118. The SMILES string of the molecule is Cc1ccc(NCc2ccc(Cl)c(Br)c2)cc1[N+](=O)[O-]. The van der Waals surface area contributed by atoms with Gasteiger partial charge in [0, 0.05) is 28.3 Å². The molecule has 0 aliphatic heterocycles. The Kier molecular flexibility index (Phi) is 4.62. The maximum atomic E-state index is 10.9. The number of hydrogen-bond donors (Lipinski definition) is 1. The van der Waals surface area contributed by atoms with Gasteiger partial charge in [0.2, 0.25) is 0 Å². The lowest BCUT2D eigenvalue weighted by atomic mass is 10.1. The van der Waals surface area contributed by atoms with Crippen LogP contribution in [0.15, 0.2) is 40.9 Å². The highest BCUT2D eigenvalue weighted by atomic mass is 79.9. The van der Waals surface area contributed by atoms with E-state index in [1.165, 1.54) is 0 Å². The van der Waals surface area contributed by atoms with Gasteiger partial charge in [0.05, 0.1) is 9.95 Å². The molecule has 2 rings (SSSR count). The third-order valence-electron chi connectivity index (χ3n) is 2.89. The average molecular weight is 356 g/mol. The first-order valence-corrected chi connectivity index (χ1v) is 7.07. The Balaban J connectivity index is 2.12. The van der Waals surface area contributed by atoms with Crippen molar-refractivity contribution in [2.75, 3.05) is 5.32 Å². The second-order valence-electron chi connectivity index (χ2n) is 4.36. The topological polar surface area (TPSA) is 55.2 Å². The van der Waals surface area contributed by atoms with Crippen LogP contribution in [0.4, 0.5) is 11.4 Å². The van der Waals surface area contributed by atoms with Gasteiger partial charge in [-0.1, -0.05) is 23.7 Å². The van der Waals surface area contributed by atoms with Gasteiger partial charge < -0.3 is 5.32 Å². The molecule has 0 amide bonds. The van der Waals surface area contributed by atoms with Crippen molar-refractivity contribution in [3.63, 3.8) is 0 Å². The average Bonchev–Trinajstić information content (AvgIpc) is 2.41. The van der Waals surface area contributed by atoms with Gasteiger partial charge >= 0.3 is 0 Å². The van der Waals surface area contributed by atoms with Crippen molar-refractivity contribution in [1.82, 2.24) is 0 Å². The van der Waals surface area contributed by atoms with Gasteiger partial charge in [0.25, 0.3) is 5.69 Å². The number of nitrogens with zero attached hydrogens (tertiary/aromatic N) is 1. The van der Waals surface area contributed by atoms with Crippen molar-refractivity contribution in [2.45, 2.75) is 13.5 Å². The molecule has 0 saturated heterocycles. The van der Waals surface area contributed by atoms with Gasteiger partial charge in [0.1, 0.15) is 0 Å². The van der Waals surface area contributed by atoms with Crippen LogP contribution in [0.2, 0.25) is 5.02 Å². The summed E-state index contributed by atoms with van der Waals surface area (Å²) in [5, 5.41) is 14.7. The summed E-state index contributed by atoms with van der Waals surface area (Å²) in [7, 11) is 0. The summed E-state index contributed by atoms with van der Waals surface area (Å²) in [4.78, 5) is 10.5. The van der Waals surface area contributed by atoms with Crippen molar-refractivity contribution in [3.8, 4) is 0 Å². The normalized spacial score (nSPS) is 10.3. The highest BCUT2D eigenvalue weighted by Crippen LogP contribution is 2.25. The van der Waals surface area contributed by atoms with E-state index in [1.807, 2.05) is 18.2 Å². The first-order chi connectivity index (χ1) is 9.47. The van der Waals surface area contributed by atoms with Crippen LogP contribution in [-0.2, 0) is 6.54 Å². The summed E-state index contributed by atoms with van der Waals surface area (Å²) in [6.45, 7) is 2.29. The molecule has 6 heteroatoms. The Morgan fingerprint density at radius 1 is 1.30 bits per heavy atom. The largest absolute Gasteiger partial charge is 0.381 e. The lowest BCUT2D eigenvalue weighted by Gasteiger charge is -2.08. The predicted molar refractivity (Wildman–Crippen MR) is 84.3 cm³/mol. The zero-order valence-electron chi connectivity index (χ0n) is 10.7. The Labute approximate surface area is 130 Å². The minimum Gasteiger partial charge on any atom is -0.381 e. The standard InChI is InChI=1S/C14H12BrClN2O2/c1-9-2-4-11(7-14(9)18(19)20)17-8-10-3-5-13(16)12(15)6-10/h2-7,17H,8H2,1H3. The van der Waals surface area contributed by atoms with Crippen LogP contribution in [0.5, 0.6) is 0 Å². The van der Waals surface area contributed by atoms with E-state index in [0.717, 1.165) is 10.0 Å². The van der Waals surface area contributed by atoms with E-state index in [0.29, 0.717) is 22.8 Å². The van der Waals surface area contributed by atoms with Crippen molar-refractivity contribution in [1.29, 1.82) is 0 Å². The Bertz CT molecular complexity index is 662. The van der Waals surface area contributed by atoms with Crippen molar-refractivity contribution in [2.24, 2.45) is 0 Å². The molecule has 0 unspecified atom stereocenters. The molecule has 1 N–H and O–H groups in total. The van der Waals surface area contributed by atoms with Gasteiger partial charge in [-0.2, -0.15) is 0 Å². The van der Waals surface area contributed by atoms with E-state index in [4.69, 9.17) is 11.6 Å². The molecule has 0 atom stereocenters. The molecule has 0 aliphatic carbocycles. The summed E-state index contributed by atoms with van der Waals surface area (Å²) in [6.07, 6.45) is 0. The maximum absolute atomic E-state index is 10.9. The number of aryl methyl sites for hydroxylation is 1. The monoisotopic (exact) mass is 354 g/mol. The minimum atomic E-state index is -0.376. The molecule has 20 heavy (non-hydrogen) atoms. The fraction of sp³-hybridized carbons (Fsp3) is 0.143. The first-order valence-electron chi connectivity index (χ1n) is 5.90. The molecule has 0 heterocycles. The lowest BCUT2D eigenvalue weighted by Crippen LogP contribution is -2.01. The summed E-state index contributed by atoms with van der Waals surface area (Å²) in [5.41, 5.74) is 2.51. The van der Waals surface area contributed by atoms with Crippen LogP contribution in [0.1, 0.15) is 11.1 Å². The second kappa shape index (κ2) is 6.24. The molecule has 0 bridgehead atoms. The van der Waals surface area contributed by atoms with Crippen molar-refractivity contribution >= 4 is 38.9 Å². The van der Waals surface area contributed by atoms with Gasteiger partial charge in [-0.25, -0.2) is 0 Å². The van der Waals surface area contributed by atoms with Gasteiger partial charge in [-0.3, -0.25) is 10.1 Å². The fourth-order valence-corrected chi connectivity index (χ4v) is 2.31. The predicted octanol–water partition coefficient (Wildman–Crippen LogP) is 4.93. The van der Waals surface area contributed by atoms with Gasteiger partial charge in [-0.05, 0) is 46.6 Å². The smallest absolute Gasteiger partial charge is 0.274 e. The van der Waals surface area contributed by atoms with E-state index in [1.54, 1.807) is 25.1 Å². The first kappa shape index (κ1) is 14.8. The van der Waals surface area contributed by atoms with Crippen molar-refractivity contribution < 1.29 is 4.92 Å². The summed E-state index contributed by atoms with van der Waals surface area (Å²) in [6, 6.07) is 10.7. The molecule has 104 valence electrons. The van der Waals surface area contributed by atoms with Crippen LogP contribution in [0.25, 0.3) is 0 Å². The van der Waals surface area contributed by atoms with Crippen molar-refractivity contribution in [3.05, 3.63) is 67.1 Å². The maximum Gasteiger partial charge on any atom is 0.274 e. The number of anilines is 1. The highest BCUT2D eigenvalue weighted by molar-refractivity contribution is 9.10. The number of nitro groups is 1. The molecule has 0 aromatic heterocycles. The summed E-state index contributed by atoms with van der Waals surface area (Å²) < 4.78 is 0.827. The van der Waals surface area contributed by atoms with Gasteiger partial charge in [-0.15, -0.1) is 0 Å². The Morgan fingerprint density at radius 3 is 2.70 bits per heavy atom. The quantitative estimate of drug-likeness (QED) is 0.625. The molecule has 0 aliphatic rings. The number of nitrogens with one attached hydrogen (secondary N) is 1. The molecule has 2 aromatic carbocycles. The molecule has 0 radical (unpaired) electrons.